The third kappa shape index (κ3) is 2.87. The number of para-hydroxylation sites is 1. The lowest BCUT2D eigenvalue weighted by Crippen LogP contribution is -2.48. The predicted molar refractivity (Wildman–Crippen MR) is 99.6 cm³/mol. The van der Waals surface area contributed by atoms with E-state index in [2.05, 4.69) is 0 Å². The normalized spacial score (nSPS) is 17.6. The minimum atomic E-state index is -0.806. The van der Waals surface area contributed by atoms with Gasteiger partial charge in [0.05, 0.1) is 11.3 Å². The average Bonchev–Trinajstić information content (AvgIpc) is 2.97. The summed E-state index contributed by atoms with van der Waals surface area (Å²) < 4.78 is 0. The molecule has 0 aromatic heterocycles. The average molecular weight is 364 g/mol. The molecule has 1 atom stereocenters. The van der Waals surface area contributed by atoms with Crippen molar-refractivity contribution in [1.29, 1.82) is 0 Å². The van der Waals surface area contributed by atoms with Crippen molar-refractivity contribution in [2.75, 3.05) is 11.4 Å². The Balaban J connectivity index is 1.66. The number of aliphatic carboxylic acids is 1. The van der Waals surface area contributed by atoms with Gasteiger partial charge in [0.2, 0.25) is 0 Å². The van der Waals surface area contributed by atoms with Crippen molar-refractivity contribution < 1.29 is 19.5 Å². The third-order valence-electron chi connectivity index (χ3n) is 5.17. The van der Waals surface area contributed by atoms with Crippen LogP contribution in [0.5, 0.6) is 0 Å². The Morgan fingerprint density at radius 3 is 2.37 bits per heavy atom. The molecule has 2 heterocycles. The standard InChI is InChI=1S/C21H20N2O4/c24-18(25)12-2-1-7-13-22-19-14-8-3-4-9-15(14)21(27)23(19)17-11-6-5-10-16(17)20(22)26/h3-6,8-11,19H,1-2,7,12-13H2,(H,24,25). The van der Waals surface area contributed by atoms with E-state index < -0.39 is 12.1 Å². The highest BCUT2D eigenvalue weighted by Crippen LogP contribution is 2.45. The van der Waals surface area contributed by atoms with E-state index in [0.717, 1.165) is 12.0 Å². The van der Waals surface area contributed by atoms with E-state index in [1.807, 2.05) is 30.3 Å². The molecular weight excluding hydrogens is 344 g/mol. The molecule has 2 aliphatic rings. The predicted octanol–water partition coefficient (Wildman–Crippen LogP) is 3.45. The summed E-state index contributed by atoms with van der Waals surface area (Å²) in [4.78, 5) is 40.3. The zero-order valence-corrected chi connectivity index (χ0v) is 14.8. The Labute approximate surface area is 157 Å². The summed E-state index contributed by atoms with van der Waals surface area (Å²) in [5.74, 6) is -0.986. The van der Waals surface area contributed by atoms with E-state index in [-0.39, 0.29) is 18.2 Å². The molecule has 2 aliphatic heterocycles. The van der Waals surface area contributed by atoms with E-state index in [4.69, 9.17) is 5.11 Å². The third-order valence-corrected chi connectivity index (χ3v) is 5.17. The number of carbonyl (C=O) groups excluding carboxylic acids is 2. The highest BCUT2D eigenvalue weighted by Gasteiger charge is 2.47. The second kappa shape index (κ2) is 6.87. The topological polar surface area (TPSA) is 77.9 Å². The summed E-state index contributed by atoms with van der Waals surface area (Å²) >= 11 is 0. The van der Waals surface area contributed by atoms with Gasteiger partial charge in [-0.25, -0.2) is 0 Å². The Morgan fingerprint density at radius 1 is 0.889 bits per heavy atom. The highest BCUT2D eigenvalue weighted by molar-refractivity contribution is 6.16. The Bertz CT molecular complexity index is 924. The molecule has 0 saturated carbocycles. The minimum absolute atomic E-state index is 0.0883. The van der Waals surface area contributed by atoms with Gasteiger partial charge in [-0.1, -0.05) is 36.8 Å². The van der Waals surface area contributed by atoms with Gasteiger partial charge < -0.3 is 10.0 Å². The van der Waals surface area contributed by atoms with Crippen LogP contribution in [0.4, 0.5) is 5.69 Å². The Morgan fingerprint density at radius 2 is 1.59 bits per heavy atom. The number of unbranched alkanes of at least 4 members (excludes halogenated alkanes) is 2. The molecule has 0 spiro atoms. The number of hydrogen-bond donors (Lipinski definition) is 1. The smallest absolute Gasteiger partial charge is 0.303 e. The van der Waals surface area contributed by atoms with Gasteiger partial charge in [-0.3, -0.25) is 19.3 Å². The number of carboxylic acids is 1. The first-order chi connectivity index (χ1) is 13.1. The lowest BCUT2D eigenvalue weighted by Gasteiger charge is -2.41. The summed E-state index contributed by atoms with van der Waals surface area (Å²) in [5.41, 5.74) is 2.65. The van der Waals surface area contributed by atoms with E-state index in [1.165, 1.54) is 0 Å². The van der Waals surface area contributed by atoms with Crippen LogP contribution in [-0.4, -0.2) is 34.3 Å². The number of rotatable bonds is 6. The first kappa shape index (κ1) is 17.3. The molecule has 2 amide bonds. The molecule has 1 unspecified atom stereocenters. The molecule has 2 aromatic rings. The van der Waals surface area contributed by atoms with Gasteiger partial charge >= 0.3 is 5.97 Å². The molecule has 0 radical (unpaired) electrons. The summed E-state index contributed by atoms with van der Waals surface area (Å²) in [6, 6.07) is 14.6. The molecule has 0 aliphatic carbocycles. The summed E-state index contributed by atoms with van der Waals surface area (Å²) in [6.07, 6.45) is 1.70. The summed E-state index contributed by atoms with van der Waals surface area (Å²) in [6.45, 7) is 0.482. The van der Waals surface area contributed by atoms with Crippen LogP contribution in [0.2, 0.25) is 0 Å². The number of benzene rings is 2. The summed E-state index contributed by atoms with van der Waals surface area (Å²) in [5, 5.41) is 8.77. The molecule has 6 nitrogen and oxygen atoms in total. The van der Waals surface area contributed by atoms with Gasteiger partial charge in [-0.15, -0.1) is 0 Å². The molecule has 0 bridgehead atoms. The molecule has 0 saturated heterocycles. The monoisotopic (exact) mass is 364 g/mol. The largest absolute Gasteiger partial charge is 0.481 e. The molecule has 0 fully saturated rings. The van der Waals surface area contributed by atoms with Crippen molar-refractivity contribution in [2.24, 2.45) is 0 Å². The van der Waals surface area contributed by atoms with E-state index >= 15 is 0 Å². The highest BCUT2D eigenvalue weighted by atomic mass is 16.4. The molecule has 6 heteroatoms. The molecule has 2 aromatic carbocycles. The lowest BCUT2D eigenvalue weighted by atomic mass is 10.0. The maximum Gasteiger partial charge on any atom is 0.303 e. The van der Waals surface area contributed by atoms with E-state index in [0.29, 0.717) is 36.2 Å². The van der Waals surface area contributed by atoms with Gasteiger partial charge in [-0.05, 0) is 31.0 Å². The van der Waals surface area contributed by atoms with Crippen molar-refractivity contribution >= 4 is 23.5 Å². The van der Waals surface area contributed by atoms with Crippen LogP contribution >= 0.6 is 0 Å². The molecule has 4 rings (SSSR count). The summed E-state index contributed by atoms with van der Waals surface area (Å²) in [7, 11) is 0. The van der Waals surface area contributed by atoms with E-state index in [1.54, 1.807) is 28.0 Å². The van der Waals surface area contributed by atoms with Gasteiger partial charge in [0.25, 0.3) is 11.8 Å². The van der Waals surface area contributed by atoms with Crippen molar-refractivity contribution in [2.45, 2.75) is 31.8 Å². The number of anilines is 1. The SMILES string of the molecule is O=C(O)CCCCCN1C(=O)c2ccccc2N2C(=O)c3ccccc3C12. The zero-order chi connectivity index (χ0) is 19.0. The second-order valence-corrected chi connectivity index (χ2v) is 6.86. The second-order valence-electron chi connectivity index (χ2n) is 6.86. The molecule has 27 heavy (non-hydrogen) atoms. The van der Waals surface area contributed by atoms with Crippen molar-refractivity contribution in [3.05, 3.63) is 65.2 Å². The van der Waals surface area contributed by atoms with E-state index in [9.17, 15) is 14.4 Å². The van der Waals surface area contributed by atoms with Crippen LogP contribution in [0.3, 0.4) is 0 Å². The maximum atomic E-state index is 13.1. The van der Waals surface area contributed by atoms with Crippen molar-refractivity contribution in [1.82, 2.24) is 4.90 Å². The molecule has 138 valence electrons. The molecular formula is C21H20N2O4. The van der Waals surface area contributed by atoms with Crippen LogP contribution in [0, 0.1) is 0 Å². The number of hydrogen-bond acceptors (Lipinski definition) is 3. The first-order valence-electron chi connectivity index (χ1n) is 9.14. The van der Waals surface area contributed by atoms with Crippen LogP contribution in [0.1, 0.15) is 58.1 Å². The molecule has 1 N–H and O–H groups in total. The van der Waals surface area contributed by atoms with Crippen molar-refractivity contribution in [3.63, 3.8) is 0 Å². The van der Waals surface area contributed by atoms with Gasteiger partial charge in [0.1, 0.15) is 6.17 Å². The Kier molecular flexibility index (Phi) is 4.39. The minimum Gasteiger partial charge on any atom is -0.481 e. The zero-order valence-electron chi connectivity index (χ0n) is 14.8. The van der Waals surface area contributed by atoms with Crippen molar-refractivity contribution in [3.8, 4) is 0 Å². The lowest BCUT2D eigenvalue weighted by molar-refractivity contribution is -0.137. The van der Waals surface area contributed by atoms with Gasteiger partial charge in [0, 0.05) is 24.1 Å². The number of amides is 2. The number of fused-ring (bicyclic) bond motifs is 5. The quantitative estimate of drug-likeness (QED) is 0.797. The van der Waals surface area contributed by atoms with Crippen LogP contribution in [0.15, 0.2) is 48.5 Å². The fourth-order valence-electron chi connectivity index (χ4n) is 3.93. The van der Waals surface area contributed by atoms with Gasteiger partial charge in [-0.2, -0.15) is 0 Å². The van der Waals surface area contributed by atoms with Crippen LogP contribution < -0.4 is 4.90 Å². The van der Waals surface area contributed by atoms with Crippen LogP contribution in [0.25, 0.3) is 0 Å². The van der Waals surface area contributed by atoms with Crippen LogP contribution in [-0.2, 0) is 4.79 Å². The fourth-order valence-corrected chi connectivity index (χ4v) is 3.93. The number of carbonyl (C=O) groups is 3. The number of carboxylic acid groups (broad SMARTS) is 1. The Hall–Kier alpha value is -3.15. The number of nitrogens with zero attached hydrogens (tertiary/aromatic N) is 2. The van der Waals surface area contributed by atoms with Gasteiger partial charge in [0.15, 0.2) is 0 Å². The maximum absolute atomic E-state index is 13.1. The fraction of sp³-hybridized carbons (Fsp3) is 0.286. The first-order valence-corrected chi connectivity index (χ1v) is 9.14.